The van der Waals surface area contributed by atoms with Gasteiger partial charge in [-0.05, 0) is 19.1 Å². The number of para-hydroxylation sites is 1. The van der Waals surface area contributed by atoms with Crippen molar-refractivity contribution in [3.63, 3.8) is 0 Å². The molecule has 2 aromatic rings. The van der Waals surface area contributed by atoms with Crippen molar-refractivity contribution in [3.05, 3.63) is 36.2 Å². The van der Waals surface area contributed by atoms with Crippen LogP contribution in [0.1, 0.15) is 5.82 Å². The summed E-state index contributed by atoms with van der Waals surface area (Å²) in [6, 6.07) is 10.2. The summed E-state index contributed by atoms with van der Waals surface area (Å²) < 4.78 is 7.28. The highest BCUT2D eigenvalue weighted by Gasteiger charge is 2.24. The SMILES string of the molecule is Cc1nnc(SCC2CO2)n1-c1ccccc1. The number of hydrogen-bond donors (Lipinski definition) is 0. The largest absolute Gasteiger partial charge is 0.372 e. The molecule has 17 heavy (non-hydrogen) atoms. The Hall–Kier alpha value is -1.33. The van der Waals surface area contributed by atoms with Crippen molar-refractivity contribution < 1.29 is 4.74 Å². The van der Waals surface area contributed by atoms with E-state index < -0.39 is 0 Å². The first kappa shape index (κ1) is 10.8. The van der Waals surface area contributed by atoms with Crippen molar-refractivity contribution in [2.45, 2.75) is 18.2 Å². The van der Waals surface area contributed by atoms with Gasteiger partial charge in [0.15, 0.2) is 5.16 Å². The van der Waals surface area contributed by atoms with E-state index >= 15 is 0 Å². The second kappa shape index (κ2) is 4.50. The normalized spacial score (nSPS) is 18.3. The minimum Gasteiger partial charge on any atom is -0.372 e. The van der Waals surface area contributed by atoms with Gasteiger partial charge >= 0.3 is 0 Å². The van der Waals surface area contributed by atoms with Gasteiger partial charge in [-0.25, -0.2) is 0 Å². The quantitative estimate of drug-likeness (QED) is 0.613. The first-order valence-electron chi connectivity index (χ1n) is 5.56. The second-order valence-electron chi connectivity index (χ2n) is 3.97. The van der Waals surface area contributed by atoms with E-state index in [0.29, 0.717) is 6.10 Å². The van der Waals surface area contributed by atoms with E-state index in [1.807, 2.05) is 25.1 Å². The van der Waals surface area contributed by atoms with Crippen molar-refractivity contribution in [2.75, 3.05) is 12.4 Å². The Morgan fingerprint density at radius 1 is 1.35 bits per heavy atom. The van der Waals surface area contributed by atoms with Gasteiger partial charge in [0.05, 0.1) is 12.7 Å². The molecular weight excluding hydrogens is 234 g/mol. The Bertz CT molecular complexity index is 508. The van der Waals surface area contributed by atoms with Gasteiger partial charge in [-0.15, -0.1) is 10.2 Å². The van der Waals surface area contributed by atoms with E-state index in [9.17, 15) is 0 Å². The molecule has 1 aromatic carbocycles. The lowest BCUT2D eigenvalue weighted by Gasteiger charge is -2.07. The Balaban J connectivity index is 1.88. The topological polar surface area (TPSA) is 43.2 Å². The number of hydrogen-bond acceptors (Lipinski definition) is 4. The molecule has 1 aliphatic rings. The molecule has 0 amide bonds. The molecule has 1 saturated heterocycles. The van der Waals surface area contributed by atoms with E-state index in [4.69, 9.17) is 4.74 Å². The maximum Gasteiger partial charge on any atom is 0.195 e. The highest BCUT2D eigenvalue weighted by molar-refractivity contribution is 7.99. The molecule has 0 aliphatic carbocycles. The first-order valence-corrected chi connectivity index (χ1v) is 6.55. The van der Waals surface area contributed by atoms with Crippen LogP contribution in [0.4, 0.5) is 0 Å². The number of benzene rings is 1. The van der Waals surface area contributed by atoms with E-state index in [1.165, 1.54) is 0 Å². The Kier molecular flexibility index (Phi) is 2.86. The molecule has 1 aromatic heterocycles. The summed E-state index contributed by atoms with van der Waals surface area (Å²) in [7, 11) is 0. The molecule has 0 radical (unpaired) electrons. The van der Waals surface area contributed by atoms with Gasteiger partial charge in [-0.3, -0.25) is 4.57 Å². The van der Waals surface area contributed by atoms with Crippen LogP contribution in [0, 0.1) is 6.92 Å². The number of ether oxygens (including phenoxy) is 1. The zero-order chi connectivity index (χ0) is 11.7. The van der Waals surface area contributed by atoms with Gasteiger partial charge < -0.3 is 4.74 Å². The molecule has 0 bridgehead atoms. The van der Waals surface area contributed by atoms with Crippen molar-refractivity contribution in [3.8, 4) is 5.69 Å². The van der Waals surface area contributed by atoms with E-state index in [0.717, 1.165) is 29.0 Å². The number of aryl methyl sites for hydroxylation is 1. The molecule has 4 nitrogen and oxygen atoms in total. The van der Waals surface area contributed by atoms with Crippen molar-refractivity contribution in [1.29, 1.82) is 0 Å². The summed E-state index contributed by atoms with van der Waals surface area (Å²) in [6.45, 7) is 2.85. The van der Waals surface area contributed by atoms with Crippen LogP contribution in [-0.2, 0) is 4.74 Å². The lowest BCUT2D eigenvalue weighted by Crippen LogP contribution is -2.00. The van der Waals surface area contributed by atoms with Crippen molar-refractivity contribution in [1.82, 2.24) is 14.8 Å². The van der Waals surface area contributed by atoms with Crippen molar-refractivity contribution >= 4 is 11.8 Å². The van der Waals surface area contributed by atoms with Crippen LogP contribution in [0.2, 0.25) is 0 Å². The Morgan fingerprint density at radius 2 is 2.12 bits per heavy atom. The second-order valence-corrected chi connectivity index (χ2v) is 4.95. The van der Waals surface area contributed by atoms with Crippen LogP contribution in [0.5, 0.6) is 0 Å². The van der Waals surface area contributed by atoms with Crippen LogP contribution >= 0.6 is 11.8 Å². The Labute approximate surface area is 104 Å². The highest BCUT2D eigenvalue weighted by Crippen LogP contribution is 2.25. The molecule has 1 fully saturated rings. The number of aromatic nitrogens is 3. The number of rotatable bonds is 4. The predicted octanol–water partition coefficient (Wildman–Crippen LogP) is 2.07. The average molecular weight is 247 g/mol. The van der Waals surface area contributed by atoms with Gasteiger partial charge in [-0.2, -0.15) is 0 Å². The van der Waals surface area contributed by atoms with Gasteiger partial charge in [-0.1, -0.05) is 30.0 Å². The maximum atomic E-state index is 5.20. The Morgan fingerprint density at radius 3 is 2.82 bits per heavy atom. The van der Waals surface area contributed by atoms with Crippen molar-refractivity contribution in [2.24, 2.45) is 0 Å². The van der Waals surface area contributed by atoms with Gasteiger partial charge in [0, 0.05) is 11.4 Å². The monoisotopic (exact) mass is 247 g/mol. The lowest BCUT2D eigenvalue weighted by molar-refractivity contribution is 0.426. The maximum absolute atomic E-state index is 5.20. The smallest absolute Gasteiger partial charge is 0.195 e. The summed E-state index contributed by atoms with van der Waals surface area (Å²) in [5.41, 5.74) is 1.11. The zero-order valence-corrected chi connectivity index (χ0v) is 10.4. The van der Waals surface area contributed by atoms with E-state index in [-0.39, 0.29) is 0 Å². The molecule has 2 heterocycles. The van der Waals surface area contributed by atoms with Crippen LogP contribution in [0.25, 0.3) is 5.69 Å². The molecule has 1 atom stereocenters. The fraction of sp³-hybridized carbons (Fsp3) is 0.333. The van der Waals surface area contributed by atoms with Gasteiger partial charge in [0.1, 0.15) is 5.82 Å². The molecule has 88 valence electrons. The predicted molar refractivity (Wildman–Crippen MR) is 66.6 cm³/mol. The van der Waals surface area contributed by atoms with E-state index in [1.54, 1.807) is 11.8 Å². The summed E-state index contributed by atoms with van der Waals surface area (Å²) in [5, 5.41) is 9.29. The zero-order valence-electron chi connectivity index (χ0n) is 9.54. The summed E-state index contributed by atoms with van der Waals surface area (Å²) in [6.07, 6.45) is 0.404. The summed E-state index contributed by atoms with van der Waals surface area (Å²) in [5.74, 6) is 1.86. The fourth-order valence-electron chi connectivity index (χ4n) is 1.64. The number of epoxide rings is 1. The molecule has 3 rings (SSSR count). The van der Waals surface area contributed by atoms with Crippen LogP contribution in [-0.4, -0.2) is 33.2 Å². The minimum absolute atomic E-state index is 0.404. The third-order valence-electron chi connectivity index (χ3n) is 2.61. The van der Waals surface area contributed by atoms with Crippen LogP contribution in [0.3, 0.4) is 0 Å². The van der Waals surface area contributed by atoms with E-state index in [2.05, 4.69) is 26.9 Å². The highest BCUT2D eigenvalue weighted by atomic mass is 32.2. The standard InChI is InChI=1S/C12H13N3OS/c1-9-13-14-12(17-8-11-7-16-11)15(9)10-5-3-2-4-6-10/h2-6,11H,7-8H2,1H3. The van der Waals surface area contributed by atoms with Gasteiger partial charge in [0.25, 0.3) is 0 Å². The summed E-state index contributed by atoms with van der Waals surface area (Å²) >= 11 is 1.70. The molecule has 1 aliphatic heterocycles. The average Bonchev–Trinajstić information content (AvgIpc) is 3.11. The van der Waals surface area contributed by atoms with Gasteiger partial charge in [0.2, 0.25) is 0 Å². The summed E-state index contributed by atoms with van der Waals surface area (Å²) in [4.78, 5) is 0. The first-order chi connectivity index (χ1) is 8.34. The minimum atomic E-state index is 0.404. The number of nitrogens with zero attached hydrogens (tertiary/aromatic N) is 3. The fourth-order valence-corrected chi connectivity index (χ4v) is 2.64. The third-order valence-corrected chi connectivity index (χ3v) is 3.67. The molecule has 0 saturated carbocycles. The third kappa shape index (κ3) is 2.35. The molecular formula is C12H13N3OS. The lowest BCUT2D eigenvalue weighted by atomic mass is 10.3. The molecule has 0 spiro atoms. The number of thioether (sulfide) groups is 1. The molecule has 5 heteroatoms. The molecule has 0 N–H and O–H groups in total. The van der Waals surface area contributed by atoms with Crippen LogP contribution in [0.15, 0.2) is 35.5 Å². The van der Waals surface area contributed by atoms with Crippen LogP contribution < -0.4 is 0 Å². The molecule has 1 unspecified atom stereocenters.